The SMILES string of the molecule is Cc1c(C(=O)Cc2ccc(Oc3ccnc4cc5c(cc34)OCCOCCOCCO5)c(F)c2)c(=O)n(-c2ccc(F)cc2)n1C. The summed E-state index contributed by atoms with van der Waals surface area (Å²) in [5.41, 5.74) is 1.21. The van der Waals surface area contributed by atoms with Crippen LogP contribution in [0.25, 0.3) is 16.6 Å². The van der Waals surface area contributed by atoms with Crippen molar-refractivity contribution in [3.8, 4) is 28.7 Å². The number of carbonyl (C=O) groups is 1. The molecule has 10 nitrogen and oxygen atoms in total. The van der Waals surface area contributed by atoms with Crippen molar-refractivity contribution in [2.24, 2.45) is 7.05 Å². The van der Waals surface area contributed by atoms with Gasteiger partial charge in [-0.2, -0.15) is 0 Å². The smallest absolute Gasteiger partial charge is 0.282 e. The van der Waals surface area contributed by atoms with E-state index in [1.807, 2.05) is 0 Å². The maximum absolute atomic E-state index is 15.4. The minimum absolute atomic E-state index is 0.0200. The summed E-state index contributed by atoms with van der Waals surface area (Å²) in [5, 5.41) is 0.574. The number of ketones is 1. The summed E-state index contributed by atoms with van der Waals surface area (Å²) in [5.74, 6) is -0.382. The van der Waals surface area contributed by atoms with Gasteiger partial charge in [0, 0.05) is 36.8 Å². The molecule has 0 N–H and O–H groups in total. The predicted molar refractivity (Wildman–Crippen MR) is 165 cm³/mol. The number of nitrogens with zero attached hydrogens (tertiary/aromatic N) is 3. The third kappa shape index (κ3) is 6.49. The summed E-state index contributed by atoms with van der Waals surface area (Å²) < 4.78 is 60.4. The van der Waals surface area contributed by atoms with Crippen LogP contribution in [0.3, 0.4) is 0 Å². The van der Waals surface area contributed by atoms with Crippen molar-refractivity contribution in [1.29, 1.82) is 0 Å². The Kier molecular flexibility index (Phi) is 9.08. The highest BCUT2D eigenvalue weighted by atomic mass is 19.1. The van der Waals surface area contributed by atoms with E-state index in [1.165, 1.54) is 45.8 Å². The van der Waals surface area contributed by atoms with Gasteiger partial charge in [-0.25, -0.2) is 13.5 Å². The first-order valence-electron chi connectivity index (χ1n) is 14.7. The van der Waals surface area contributed by atoms with E-state index in [0.717, 1.165) is 0 Å². The Morgan fingerprint density at radius 3 is 2.24 bits per heavy atom. The van der Waals surface area contributed by atoms with Gasteiger partial charge < -0.3 is 23.7 Å². The maximum atomic E-state index is 15.4. The number of halogens is 2. The fourth-order valence-electron chi connectivity index (χ4n) is 5.22. The summed E-state index contributed by atoms with van der Waals surface area (Å²) in [4.78, 5) is 31.0. The van der Waals surface area contributed by atoms with Crippen molar-refractivity contribution in [3.05, 3.63) is 106 Å². The molecule has 0 spiro atoms. The minimum Gasteiger partial charge on any atom is -0.487 e. The second-order valence-corrected chi connectivity index (χ2v) is 10.6. The van der Waals surface area contributed by atoms with Gasteiger partial charge in [-0.1, -0.05) is 6.07 Å². The molecule has 5 aromatic rings. The van der Waals surface area contributed by atoms with E-state index >= 15 is 4.39 Å². The van der Waals surface area contributed by atoms with Crippen LogP contribution in [0.4, 0.5) is 8.78 Å². The van der Waals surface area contributed by atoms with Crippen LogP contribution in [0.15, 0.2) is 71.7 Å². The number of pyridine rings is 1. The lowest BCUT2D eigenvalue weighted by molar-refractivity contribution is 0.0224. The Balaban J connectivity index is 1.23. The molecule has 0 aliphatic carbocycles. The first kappa shape index (κ1) is 30.9. The van der Waals surface area contributed by atoms with Crippen LogP contribution >= 0.6 is 0 Å². The van der Waals surface area contributed by atoms with E-state index in [9.17, 15) is 14.0 Å². The van der Waals surface area contributed by atoms with Gasteiger partial charge in [0.25, 0.3) is 5.56 Å². The van der Waals surface area contributed by atoms with E-state index in [-0.39, 0.29) is 24.3 Å². The molecule has 0 bridgehead atoms. The summed E-state index contributed by atoms with van der Waals surface area (Å²) in [6.45, 7) is 3.93. The third-order valence-corrected chi connectivity index (χ3v) is 7.59. The Bertz CT molecular complexity index is 1950. The van der Waals surface area contributed by atoms with E-state index in [1.54, 1.807) is 44.4 Å². The molecule has 0 fully saturated rings. The quantitative estimate of drug-likeness (QED) is 0.232. The molecule has 1 aliphatic heterocycles. The predicted octanol–water partition coefficient (Wildman–Crippen LogP) is 5.33. The van der Waals surface area contributed by atoms with Crippen LogP contribution in [0.5, 0.6) is 23.0 Å². The summed E-state index contributed by atoms with van der Waals surface area (Å²) in [7, 11) is 1.64. The lowest BCUT2D eigenvalue weighted by Gasteiger charge is -2.17. The molecule has 1 aliphatic rings. The number of fused-ring (bicyclic) bond motifs is 2. The van der Waals surface area contributed by atoms with Crippen LogP contribution in [0.2, 0.25) is 0 Å². The van der Waals surface area contributed by atoms with Gasteiger partial charge in [-0.3, -0.25) is 19.3 Å². The molecule has 238 valence electrons. The number of hydrogen-bond donors (Lipinski definition) is 0. The van der Waals surface area contributed by atoms with E-state index in [2.05, 4.69) is 4.98 Å². The third-order valence-electron chi connectivity index (χ3n) is 7.59. The maximum Gasteiger partial charge on any atom is 0.282 e. The fourth-order valence-corrected chi connectivity index (χ4v) is 5.22. The Hall–Kier alpha value is -5.07. The van der Waals surface area contributed by atoms with Gasteiger partial charge in [-0.05, 0) is 61.0 Å². The average molecular weight is 632 g/mol. The molecular formula is C34H31F2N3O7. The number of ether oxygens (including phenoxy) is 5. The molecule has 0 saturated heterocycles. The first-order chi connectivity index (χ1) is 22.3. The van der Waals surface area contributed by atoms with Gasteiger partial charge in [0.2, 0.25) is 0 Å². The van der Waals surface area contributed by atoms with Crippen molar-refractivity contribution < 1.29 is 37.3 Å². The first-order valence-corrected chi connectivity index (χ1v) is 14.7. The highest BCUT2D eigenvalue weighted by Gasteiger charge is 2.23. The largest absolute Gasteiger partial charge is 0.487 e. The standard InChI is InChI=1S/C34H31F2N3O7/c1-21-33(34(41)39(38(21)2)24-6-4-23(35)5-7-24)28(40)18-22-3-8-30(26(36)17-22)46-29-9-10-37-27-20-32-31(19-25(27)29)44-15-13-42-11-12-43-14-16-45-32/h3-10,17,19-20H,11-16,18H2,1-2H3. The van der Waals surface area contributed by atoms with Gasteiger partial charge in [-0.15, -0.1) is 0 Å². The van der Waals surface area contributed by atoms with E-state index in [4.69, 9.17) is 23.7 Å². The van der Waals surface area contributed by atoms with Gasteiger partial charge in [0.15, 0.2) is 28.8 Å². The van der Waals surface area contributed by atoms with Crippen molar-refractivity contribution in [3.63, 3.8) is 0 Å². The van der Waals surface area contributed by atoms with Crippen LogP contribution in [-0.4, -0.2) is 59.8 Å². The van der Waals surface area contributed by atoms with Gasteiger partial charge in [0.1, 0.15) is 30.3 Å². The second-order valence-electron chi connectivity index (χ2n) is 10.6. The average Bonchev–Trinajstić information content (AvgIpc) is 3.26. The van der Waals surface area contributed by atoms with Gasteiger partial charge >= 0.3 is 0 Å². The van der Waals surface area contributed by atoms with Crippen molar-refractivity contribution in [2.45, 2.75) is 13.3 Å². The van der Waals surface area contributed by atoms with E-state index < -0.39 is 23.0 Å². The Morgan fingerprint density at radius 1 is 0.870 bits per heavy atom. The van der Waals surface area contributed by atoms with Crippen molar-refractivity contribution in [2.75, 3.05) is 39.6 Å². The lowest BCUT2D eigenvalue weighted by atomic mass is 10.0. The number of carbonyl (C=O) groups excluding carboxylic acids is 1. The number of Topliss-reactive ketones (excluding diaryl/α,β-unsaturated/α-hetero) is 1. The summed E-state index contributed by atoms with van der Waals surface area (Å²) in [6.07, 6.45) is 1.33. The minimum atomic E-state index is -0.688. The van der Waals surface area contributed by atoms with Crippen LogP contribution in [-0.2, 0) is 22.9 Å². The topological polar surface area (TPSA) is 103 Å². The van der Waals surface area contributed by atoms with Crippen molar-refractivity contribution in [1.82, 2.24) is 14.3 Å². The monoisotopic (exact) mass is 631 g/mol. The molecule has 0 unspecified atom stereocenters. The second kappa shape index (κ2) is 13.5. The van der Waals surface area contributed by atoms with Crippen LogP contribution in [0.1, 0.15) is 21.6 Å². The fraction of sp³-hybridized carbons (Fsp3) is 0.265. The highest BCUT2D eigenvalue weighted by molar-refractivity contribution is 5.98. The summed E-state index contributed by atoms with van der Waals surface area (Å²) >= 11 is 0. The zero-order valence-electron chi connectivity index (χ0n) is 25.3. The molecular weight excluding hydrogens is 600 g/mol. The Labute approximate surface area is 262 Å². The van der Waals surface area contributed by atoms with Crippen LogP contribution < -0.4 is 19.8 Å². The summed E-state index contributed by atoms with van der Waals surface area (Å²) in [6, 6.07) is 14.7. The molecule has 0 atom stereocenters. The Morgan fingerprint density at radius 2 is 1.54 bits per heavy atom. The molecule has 2 aromatic heterocycles. The molecule has 0 radical (unpaired) electrons. The molecule has 12 heteroatoms. The lowest BCUT2D eigenvalue weighted by Crippen LogP contribution is -2.23. The number of rotatable bonds is 6. The molecule has 3 heterocycles. The van der Waals surface area contributed by atoms with E-state index in [0.29, 0.717) is 78.1 Å². The molecule has 46 heavy (non-hydrogen) atoms. The number of hydrogen-bond acceptors (Lipinski definition) is 8. The molecule has 3 aromatic carbocycles. The zero-order valence-corrected chi connectivity index (χ0v) is 25.3. The zero-order chi connectivity index (χ0) is 32.2. The molecule has 6 rings (SSSR count). The van der Waals surface area contributed by atoms with Crippen LogP contribution in [0, 0.1) is 18.6 Å². The normalized spacial score (nSPS) is 14.0. The molecule has 0 saturated carbocycles. The van der Waals surface area contributed by atoms with Gasteiger partial charge in [0.05, 0.1) is 37.6 Å². The van der Waals surface area contributed by atoms with Crippen molar-refractivity contribution >= 4 is 16.7 Å². The number of benzene rings is 3. The highest BCUT2D eigenvalue weighted by Crippen LogP contribution is 2.38. The molecule has 0 amide bonds. The number of aromatic nitrogens is 3.